The van der Waals surface area contributed by atoms with Crippen LogP contribution in [0.5, 0.6) is 0 Å². The summed E-state index contributed by atoms with van der Waals surface area (Å²) in [6.07, 6.45) is 5.06. The average Bonchev–Trinajstić information content (AvgIpc) is 2.47. The van der Waals surface area contributed by atoms with Gasteiger partial charge in [-0.25, -0.2) is 4.79 Å². The number of hydrogen-bond acceptors (Lipinski definition) is 2. The van der Waals surface area contributed by atoms with Crippen LogP contribution in [0.15, 0.2) is 24.3 Å². The van der Waals surface area contributed by atoms with Crippen molar-refractivity contribution < 1.29 is 14.7 Å². The van der Waals surface area contributed by atoms with Crippen molar-refractivity contribution >= 4 is 11.9 Å². The maximum absolute atomic E-state index is 12.4. The van der Waals surface area contributed by atoms with Crippen LogP contribution >= 0.6 is 0 Å². The molecule has 0 heterocycles. The molecule has 4 nitrogen and oxygen atoms in total. The van der Waals surface area contributed by atoms with Crippen molar-refractivity contribution in [1.82, 2.24) is 4.90 Å². The van der Waals surface area contributed by atoms with Crippen molar-refractivity contribution in [3.63, 3.8) is 0 Å². The fourth-order valence-electron chi connectivity index (χ4n) is 3.12. The molecular weight excluding hydrogens is 266 g/mol. The molecule has 0 saturated heterocycles. The molecule has 21 heavy (non-hydrogen) atoms. The van der Waals surface area contributed by atoms with Crippen LogP contribution in [0.3, 0.4) is 0 Å². The van der Waals surface area contributed by atoms with E-state index in [2.05, 4.69) is 6.92 Å². The van der Waals surface area contributed by atoms with Gasteiger partial charge in [-0.3, -0.25) is 4.79 Å². The van der Waals surface area contributed by atoms with Gasteiger partial charge in [0.05, 0.1) is 12.0 Å². The number of carbonyl (C=O) groups is 2. The molecular formula is C17H23NO3. The highest BCUT2D eigenvalue weighted by atomic mass is 16.4. The van der Waals surface area contributed by atoms with E-state index in [1.165, 1.54) is 19.3 Å². The number of benzene rings is 1. The summed E-state index contributed by atoms with van der Waals surface area (Å²) >= 11 is 0. The zero-order chi connectivity index (χ0) is 15.4. The fraction of sp³-hybridized carbons (Fsp3) is 0.529. The molecule has 1 aliphatic carbocycles. The largest absolute Gasteiger partial charge is 0.478 e. The molecule has 1 saturated carbocycles. The van der Waals surface area contributed by atoms with Gasteiger partial charge >= 0.3 is 5.97 Å². The lowest BCUT2D eigenvalue weighted by Gasteiger charge is -2.36. The van der Waals surface area contributed by atoms with Crippen LogP contribution in [0.25, 0.3) is 0 Å². The van der Waals surface area contributed by atoms with E-state index in [0.29, 0.717) is 18.4 Å². The van der Waals surface area contributed by atoms with E-state index in [1.54, 1.807) is 24.3 Å². The third-order valence-electron chi connectivity index (χ3n) is 4.51. The van der Waals surface area contributed by atoms with E-state index in [0.717, 1.165) is 12.0 Å². The average molecular weight is 289 g/mol. The van der Waals surface area contributed by atoms with Crippen LogP contribution in [0.1, 0.15) is 48.5 Å². The predicted octanol–water partition coefficient (Wildman–Crippen LogP) is 2.96. The molecule has 0 aliphatic heterocycles. The summed E-state index contributed by atoms with van der Waals surface area (Å²) in [5.74, 6) is -0.278. The third-order valence-corrected chi connectivity index (χ3v) is 4.51. The monoisotopic (exact) mass is 289 g/mol. The van der Waals surface area contributed by atoms with Crippen molar-refractivity contribution in [3.05, 3.63) is 35.4 Å². The molecule has 2 unspecified atom stereocenters. The zero-order valence-corrected chi connectivity index (χ0v) is 12.7. The Hall–Kier alpha value is -1.84. The standard InChI is InChI=1S/C17H23NO3/c1-12-5-3-4-6-15(12)18(2)16(19)11-13-7-9-14(10-8-13)17(20)21/h7-10,12,15H,3-6,11H2,1-2H3,(H,20,21). The van der Waals surface area contributed by atoms with Gasteiger partial charge in [-0.1, -0.05) is 31.9 Å². The number of nitrogens with zero attached hydrogens (tertiary/aromatic N) is 1. The summed E-state index contributed by atoms with van der Waals surface area (Å²) in [5, 5.41) is 8.87. The van der Waals surface area contributed by atoms with Gasteiger partial charge in [0.25, 0.3) is 0 Å². The Morgan fingerprint density at radius 1 is 1.19 bits per heavy atom. The minimum absolute atomic E-state index is 0.108. The topological polar surface area (TPSA) is 57.6 Å². The van der Waals surface area contributed by atoms with Gasteiger partial charge in [0.15, 0.2) is 0 Å². The van der Waals surface area contributed by atoms with E-state index in [9.17, 15) is 9.59 Å². The van der Waals surface area contributed by atoms with Gasteiger partial charge in [-0.05, 0) is 36.5 Å². The SMILES string of the molecule is CC1CCCCC1N(C)C(=O)Cc1ccc(C(=O)O)cc1. The van der Waals surface area contributed by atoms with Crippen LogP contribution in [0.2, 0.25) is 0 Å². The number of aromatic carboxylic acids is 1. The lowest BCUT2D eigenvalue weighted by molar-refractivity contribution is -0.132. The van der Waals surface area contributed by atoms with Crippen LogP contribution in [0.4, 0.5) is 0 Å². The van der Waals surface area contributed by atoms with Crippen molar-refractivity contribution in [2.45, 2.75) is 45.1 Å². The van der Waals surface area contributed by atoms with Crippen LogP contribution in [-0.2, 0) is 11.2 Å². The second kappa shape index (κ2) is 6.74. The molecule has 1 aliphatic rings. The van der Waals surface area contributed by atoms with Gasteiger partial charge in [0.1, 0.15) is 0 Å². The number of hydrogen-bond donors (Lipinski definition) is 1. The summed E-state index contributed by atoms with van der Waals surface area (Å²) in [7, 11) is 1.89. The van der Waals surface area contributed by atoms with Crippen molar-refractivity contribution in [1.29, 1.82) is 0 Å². The predicted molar refractivity (Wildman–Crippen MR) is 81.3 cm³/mol. The Morgan fingerprint density at radius 2 is 1.81 bits per heavy atom. The number of amides is 1. The van der Waals surface area contributed by atoms with Gasteiger partial charge < -0.3 is 10.0 Å². The maximum Gasteiger partial charge on any atom is 0.335 e. The molecule has 0 aromatic heterocycles. The van der Waals surface area contributed by atoms with Gasteiger partial charge in [0, 0.05) is 13.1 Å². The van der Waals surface area contributed by atoms with E-state index in [4.69, 9.17) is 5.11 Å². The van der Waals surface area contributed by atoms with Crippen LogP contribution in [0, 0.1) is 5.92 Å². The Labute approximate surface area is 125 Å². The zero-order valence-electron chi connectivity index (χ0n) is 12.7. The molecule has 1 aromatic rings. The molecule has 114 valence electrons. The molecule has 1 aromatic carbocycles. The van der Waals surface area contributed by atoms with Gasteiger partial charge in [-0.2, -0.15) is 0 Å². The van der Waals surface area contributed by atoms with Crippen LogP contribution < -0.4 is 0 Å². The number of likely N-dealkylation sites (N-methyl/N-ethyl adjacent to an activating group) is 1. The van der Waals surface area contributed by atoms with Gasteiger partial charge in [0.2, 0.25) is 5.91 Å². The maximum atomic E-state index is 12.4. The lowest BCUT2D eigenvalue weighted by Crippen LogP contribution is -2.43. The van der Waals surface area contributed by atoms with E-state index in [1.807, 2.05) is 11.9 Å². The van der Waals surface area contributed by atoms with E-state index in [-0.39, 0.29) is 11.5 Å². The Morgan fingerprint density at radius 3 is 2.38 bits per heavy atom. The Kier molecular flexibility index (Phi) is 4.99. The summed E-state index contributed by atoms with van der Waals surface area (Å²) < 4.78 is 0. The number of carboxylic acids is 1. The smallest absolute Gasteiger partial charge is 0.335 e. The molecule has 0 radical (unpaired) electrons. The summed E-state index contributed by atoms with van der Waals surface area (Å²) in [6, 6.07) is 6.88. The molecule has 1 N–H and O–H groups in total. The first-order valence-electron chi connectivity index (χ1n) is 7.57. The minimum atomic E-state index is -0.943. The quantitative estimate of drug-likeness (QED) is 0.927. The highest BCUT2D eigenvalue weighted by Gasteiger charge is 2.27. The minimum Gasteiger partial charge on any atom is -0.478 e. The van der Waals surface area contributed by atoms with E-state index >= 15 is 0 Å². The first-order valence-corrected chi connectivity index (χ1v) is 7.57. The fourth-order valence-corrected chi connectivity index (χ4v) is 3.12. The first kappa shape index (κ1) is 15.5. The summed E-state index contributed by atoms with van der Waals surface area (Å²) in [4.78, 5) is 25.1. The van der Waals surface area contributed by atoms with Gasteiger partial charge in [-0.15, -0.1) is 0 Å². The molecule has 2 rings (SSSR count). The van der Waals surface area contributed by atoms with E-state index < -0.39 is 5.97 Å². The molecule has 1 fully saturated rings. The van der Waals surface area contributed by atoms with Crippen molar-refractivity contribution in [3.8, 4) is 0 Å². The van der Waals surface area contributed by atoms with Crippen molar-refractivity contribution in [2.75, 3.05) is 7.05 Å². The molecule has 0 bridgehead atoms. The van der Waals surface area contributed by atoms with Crippen molar-refractivity contribution in [2.24, 2.45) is 5.92 Å². The van der Waals surface area contributed by atoms with Crippen LogP contribution in [-0.4, -0.2) is 35.0 Å². The first-order chi connectivity index (χ1) is 9.99. The Bertz CT molecular complexity index is 509. The number of rotatable bonds is 4. The second-order valence-corrected chi connectivity index (χ2v) is 6.01. The number of carboxylic acid groups (broad SMARTS) is 1. The lowest BCUT2D eigenvalue weighted by atomic mass is 9.85. The summed E-state index contributed by atoms with van der Waals surface area (Å²) in [6.45, 7) is 2.22. The highest BCUT2D eigenvalue weighted by Crippen LogP contribution is 2.27. The second-order valence-electron chi connectivity index (χ2n) is 6.01. The normalized spacial score (nSPS) is 21.8. The number of carbonyl (C=O) groups excluding carboxylic acids is 1. The molecule has 2 atom stereocenters. The highest BCUT2D eigenvalue weighted by molar-refractivity contribution is 5.87. The third kappa shape index (κ3) is 3.84. The Balaban J connectivity index is 1.98. The molecule has 0 spiro atoms. The summed E-state index contributed by atoms with van der Waals surface area (Å²) in [5.41, 5.74) is 1.11. The molecule has 4 heteroatoms. The molecule has 1 amide bonds.